The molecule has 0 aromatic heterocycles. The van der Waals surface area contributed by atoms with Crippen molar-refractivity contribution >= 4 is 17.7 Å². The molecule has 2 aliphatic heterocycles. The molecule has 2 saturated heterocycles. The smallest absolute Gasteiger partial charge is 0.244 e. The third-order valence-corrected chi connectivity index (χ3v) is 3.48. The van der Waals surface area contributed by atoms with Gasteiger partial charge in [-0.25, -0.2) is 0 Å². The summed E-state index contributed by atoms with van der Waals surface area (Å²) in [7, 11) is 0. The van der Waals surface area contributed by atoms with Crippen LogP contribution in [-0.2, 0) is 14.4 Å². The van der Waals surface area contributed by atoms with Gasteiger partial charge in [0.05, 0.1) is 6.54 Å². The van der Waals surface area contributed by atoms with Crippen LogP contribution >= 0.6 is 0 Å². The molecule has 2 aliphatic rings. The van der Waals surface area contributed by atoms with Gasteiger partial charge < -0.3 is 15.5 Å². The number of nitrogens with zero attached hydrogens (tertiary/aromatic N) is 1. The standard InChI is InChI=1S/C12H20N4O3/c1-8(12(19)16-4-2-3-5-16)15-11(18)9-6-14-10(17)7-13-9/h8-9,13H,2-7H2,1H3,(H,14,17)(H,15,18). The van der Waals surface area contributed by atoms with Gasteiger partial charge in [-0.1, -0.05) is 0 Å². The summed E-state index contributed by atoms with van der Waals surface area (Å²) in [4.78, 5) is 36.7. The van der Waals surface area contributed by atoms with Crippen LogP contribution in [0.2, 0.25) is 0 Å². The maximum atomic E-state index is 12.0. The van der Waals surface area contributed by atoms with E-state index in [-0.39, 0.29) is 30.8 Å². The summed E-state index contributed by atoms with van der Waals surface area (Å²) in [6.07, 6.45) is 2.06. The fourth-order valence-electron chi connectivity index (χ4n) is 2.34. The third-order valence-electron chi connectivity index (χ3n) is 3.48. The Morgan fingerprint density at radius 3 is 2.63 bits per heavy atom. The van der Waals surface area contributed by atoms with Crippen LogP contribution in [-0.4, -0.2) is 60.9 Å². The van der Waals surface area contributed by atoms with Gasteiger partial charge in [0.25, 0.3) is 0 Å². The van der Waals surface area contributed by atoms with E-state index in [1.807, 2.05) is 0 Å². The third kappa shape index (κ3) is 3.44. The molecule has 2 atom stereocenters. The highest BCUT2D eigenvalue weighted by Crippen LogP contribution is 2.09. The number of hydrogen-bond acceptors (Lipinski definition) is 4. The molecule has 106 valence electrons. The molecule has 0 aromatic rings. The van der Waals surface area contributed by atoms with Crippen LogP contribution in [0.4, 0.5) is 0 Å². The van der Waals surface area contributed by atoms with E-state index in [0.29, 0.717) is 0 Å². The monoisotopic (exact) mass is 268 g/mol. The van der Waals surface area contributed by atoms with Gasteiger partial charge in [-0.2, -0.15) is 0 Å². The molecular formula is C12H20N4O3. The molecule has 0 radical (unpaired) electrons. The lowest BCUT2D eigenvalue weighted by Crippen LogP contribution is -2.60. The molecule has 19 heavy (non-hydrogen) atoms. The second-order valence-corrected chi connectivity index (χ2v) is 5.00. The first-order valence-electron chi connectivity index (χ1n) is 6.67. The Kier molecular flexibility index (Phi) is 4.36. The van der Waals surface area contributed by atoms with Gasteiger partial charge in [-0.05, 0) is 19.8 Å². The fraction of sp³-hybridized carbons (Fsp3) is 0.750. The summed E-state index contributed by atoms with van der Waals surface area (Å²) in [5, 5.41) is 8.14. The molecule has 2 unspecified atom stereocenters. The van der Waals surface area contributed by atoms with E-state index in [4.69, 9.17) is 0 Å². The molecule has 0 saturated carbocycles. The van der Waals surface area contributed by atoms with Crippen molar-refractivity contribution in [1.82, 2.24) is 20.9 Å². The zero-order valence-corrected chi connectivity index (χ0v) is 11.1. The van der Waals surface area contributed by atoms with Crippen molar-refractivity contribution in [2.75, 3.05) is 26.2 Å². The molecule has 0 aliphatic carbocycles. The Morgan fingerprint density at radius 1 is 1.37 bits per heavy atom. The quantitative estimate of drug-likeness (QED) is 0.563. The Morgan fingerprint density at radius 2 is 2.05 bits per heavy atom. The van der Waals surface area contributed by atoms with Gasteiger partial charge in [-0.3, -0.25) is 19.7 Å². The zero-order chi connectivity index (χ0) is 13.8. The topological polar surface area (TPSA) is 90.5 Å². The van der Waals surface area contributed by atoms with Gasteiger partial charge in [0.15, 0.2) is 0 Å². The molecule has 2 heterocycles. The summed E-state index contributed by atoms with van der Waals surface area (Å²) >= 11 is 0. The Labute approximate surface area is 112 Å². The van der Waals surface area contributed by atoms with Crippen LogP contribution in [0.5, 0.6) is 0 Å². The molecule has 3 amide bonds. The highest BCUT2D eigenvalue weighted by molar-refractivity contribution is 5.91. The number of nitrogens with one attached hydrogen (secondary N) is 3. The largest absolute Gasteiger partial charge is 0.353 e. The van der Waals surface area contributed by atoms with Crippen LogP contribution in [0.25, 0.3) is 0 Å². The van der Waals surface area contributed by atoms with E-state index in [2.05, 4.69) is 16.0 Å². The van der Waals surface area contributed by atoms with Crippen molar-refractivity contribution < 1.29 is 14.4 Å². The predicted octanol–water partition coefficient (Wildman–Crippen LogP) is -1.80. The maximum absolute atomic E-state index is 12.0. The van der Waals surface area contributed by atoms with Crippen molar-refractivity contribution in [2.45, 2.75) is 31.8 Å². The van der Waals surface area contributed by atoms with Crippen molar-refractivity contribution in [3.63, 3.8) is 0 Å². The van der Waals surface area contributed by atoms with Crippen LogP contribution < -0.4 is 16.0 Å². The lowest BCUT2D eigenvalue weighted by atomic mass is 10.2. The Bertz CT molecular complexity index is 369. The SMILES string of the molecule is CC(NC(=O)C1CNC(=O)CN1)C(=O)N1CCCC1. The number of piperazine rings is 1. The van der Waals surface area contributed by atoms with Gasteiger partial charge in [0.2, 0.25) is 17.7 Å². The van der Waals surface area contributed by atoms with Crippen LogP contribution in [0.15, 0.2) is 0 Å². The van der Waals surface area contributed by atoms with E-state index >= 15 is 0 Å². The normalized spacial score (nSPS) is 24.8. The number of carbonyl (C=O) groups excluding carboxylic acids is 3. The van der Waals surface area contributed by atoms with E-state index in [9.17, 15) is 14.4 Å². The average Bonchev–Trinajstić information content (AvgIpc) is 2.92. The van der Waals surface area contributed by atoms with Crippen molar-refractivity contribution in [3.8, 4) is 0 Å². The summed E-state index contributed by atoms with van der Waals surface area (Å²) in [5.41, 5.74) is 0. The van der Waals surface area contributed by atoms with E-state index < -0.39 is 12.1 Å². The predicted molar refractivity (Wildman–Crippen MR) is 68.2 cm³/mol. The fourth-order valence-corrected chi connectivity index (χ4v) is 2.34. The minimum absolute atomic E-state index is 0.0364. The summed E-state index contributed by atoms with van der Waals surface area (Å²) in [6, 6.07) is -0.989. The first-order chi connectivity index (χ1) is 9.08. The summed E-state index contributed by atoms with van der Waals surface area (Å²) in [5.74, 6) is -0.406. The van der Waals surface area contributed by atoms with E-state index in [1.165, 1.54) is 0 Å². The van der Waals surface area contributed by atoms with Crippen molar-refractivity contribution in [1.29, 1.82) is 0 Å². The molecule has 2 fully saturated rings. The molecule has 0 spiro atoms. The van der Waals surface area contributed by atoms with E-state index in [1.54, 1.807) is 11.8 Å². The molecule has 0 aromatic carbocycles. The number of hydrogen-bond donors (Lipinski definition) is 3. The number of carbonyl (C=O) groups is 3. The molecule has 7 heteroatoms. The zero-order valence-electron chi connectivity index (χ0n) is 11.1. The number of amides is 3. The lowest BCUT2D eigenvalue weighted by molar-refractivity contribution is -0.136. The van der Waals surface area contributed by atoms with Crippen LogP contribution in [0, 0.1) is 0 Å². The number of rotatable bonds is 3. The van der Waals surface area contributed by atoms with Crippen LogP contribution in [0.1, 0.15) is 19.8 Å². The molecule has 0 bridgehead atoms. The first-order valence-corrected chi connectivity index (χ1v) is 6.67. The molecule has 7 nitrogen and oxygen atoms in total. The lowest BCUT2D eigenvalue weighted by Gasteiger charge is -2.26. The van der Waals surface area contributed by atoms with Gasteiger partial charge in [-0.15, -0.1) is 0 Å². The molecule has 3 N–H and O–H groups in total. The van der Waals surface area contributed by atoms with E-state index in [0.717, 1.165) is 25.9 Å². The van der Waals surface area contributed by atoms with Gasteiger partial charge in [0, 0.05) is 19.6 Å². The molecular weight excluding hydrogens is 248 g/mol. The Balaban J connectivity index is 1.80. The second-order valence-electron chi connectivity index (χ2n) is 5.00. The minimum atomic E-state index is -0.523. The second kappa shape index (κ2) is 6.01. The number of likely N-dealkylation sites (tertiary alicyclic amines) is 1. The highest BCUT2D eigenvalue weighted by Gasteiger charge is 2.28. The maximum Gasteiger partial charge on any atom is 0.244 e. The first kappa shape index (κ1) is 13.8. The van der Waals surface area contributed by atoms with Gasteiger partial charge >= 0.3 is 0 Å². The Hall–Kier alpha value is -1.63. The van der Waals surface area contributed by atoms with Crippen LogP contribution in [0.3, 0.4) is 0 Å². The summed E-state index contributed by atoms with van der Waals surface area (Å²) < 4.78 is 0. The highest BCUT2D eigenvalue weighted by atomic mass is 16.2. The van der Waals surface area contributed by atoms with Gasteiger partial charge in [0.1, 0.15) is 12.1 Å². The van der Waals surface area contributed by atoms with Crippen molar-refractivity contribution in [3.05, 3.63) is 0 Å². The average molecular weight is 268 g/mol. The minimum Gasteiger partial charge on any atom is -0.353 e. The van der Waals surface area contributed by atoms with Crippen molar-refractivity contribution in [2.24, 2.45) is 0 Å². The molecule has 2 rings (SSSR count). The summed E-state index contributed by atoms with van der Waals surface area (Å²) in [6.45, 7) is 3.63.